The first-order valence-electron chi connectivity index (χ1n) is 8.48. The lowest BCUT2D eigenvalue weighted by molar-refractivity contribution is -0.171. The van der Waals surface area contributed by atoms with Gasteiger partial charge in [0.05, 0.1) is 6.10 Å². The van der Waals surface area contributed by atoms with Gasteiger partial charge in [-0.2, -0.15) is 0 Å². The molecule has 2 rings (SSSR count). The molecule has 128 valence electrons. The molecular weight excluding hydrogens is 288 g/mol. The van der Waals surface area contributed by atoms with E-state index in [1.165, 1.54) is 11.1 Å². The lowest BCUT2D eigenvalue weighted by Crippen LogP contribution is -2.76. The van der Waals surface area contributed by atoms with Crippen LogP contribution in [0.4, 0.5) is 0 Å². The molecule has 1 amide bonds. The molecule has 0 heterocycles. The molecule has 0 bridgehead atoms. The maximum absolute atomic E-state index is 12.7. The van der Waals surface area contributed by atoms with Crippen molar-refractivity contribution in [3.05, 3.63) is 35.4 Å². The van der Waals surface area contributed by atoms with E-state index >= 15 is 0 Å². The summed E-state index contributed by atoms with van der Waals surface area (Å²) in [6, 6.07) is 8.31. The molecule has 23 heavy (non-hydrogen) atoms. The van der Waals surface area contributed by atoms with E-state index in [0.717, 1.165) is 6.42 Å². The third-order valence-corrected chi connectivity index (χ3v) is 5.40. The monoisotopic (exact) mass is 318 g/mol. The Bertz CT molecular complexity index is 570. The molecule has 4 nitrogen and oxygen atoms in total. The van der Waals surface area contributed by atoms with Gasteiger partial charge in [0.1, 0.15) is 5.54 Å². The first-order chi connectivity index (χ1) is 10.7. The summed E-state index contributed by atoms with van der Waals surface area (Å²) in [5.41, 5.74) is 7.72. The number of carbonyl (C=O) groups is 1. The number of benzene rings is 1. The van der Waals surface area contributed by atoms with Crippen molar-refractivity contribution < 1.29 is 9.53 Å². The van der Waals surface area contributed by atoms with Gasteiger partial charge in [-0.25, -0.2) is 0 Å². The lowest BCUT2D eigenvalue weighted by atomic mass is 9.54. The van der Waals surface area contributed by atoms with Crippen molar-refractivity contribution in [2.45, 2.75) is 65.1 Å². The SMILES string of the molecule is CCOC1CC(N)(C(=O)NC(C)Cc2ccccc2C)C1(C)C. The van der Waals surface area contributed by atoms with Gasteiger partial charge in [-0.15, -0.1) is 0 Å². The van der Waals surface area contributed by atoms with Gasteiger partial charge in [0.2, 0.25) is 5.91 Å². The van der Waals surface area contributed by atoms with Crippen LogP contribution in [0.5, 0.6) is 0 Å². The Morgan fingerprint density at radius 2 is 2.09 bits per heavy atom. The maximum Gasteiger partial charge on any atom is 0.241 e. The minimum atomic E-state index is -0.854. The van der Waals surface area contributed by atoms with Crippen molar-refractivity contribution in [2.24, 2.45) is 11.1 Å². The van der Waals surface area contributed by atoms with Crippen LogP contribution in [0.15, 0.2) is 24.3 Å². The van der Waals surface area contributed by atoms with Crippen LogP contribution in [0.1, 0.15) is 45.2 Å². The second kappa shape index (κ2) is 6.62. The summed E-state index contributed by atoms with van der Waals surface area (Å²) in [6.45, 7) is 10.8. The number of hydrogen-bond acceptors (Lipinski definition) is 3. The number of hydrogen-bond donors (Lipinski definition) is 2. The first kappa shape index (κ1) is 18.0. The normalized spacial score (nSPS) is 27.1. The Labute approximate surface area is 139 Å². The summed E-state index contributed by atoms with van der Waals surface area (Å²) >= 11 is 0. The zero-order chi connectivity index (χ0) is 17.3. The van der Waals surface area contributed by atoms with E-state index < -0.39 is 5.54 Å². The molecule has 1 fully saturated rings. The molecule has 1 saturated carbocycles. The van der Waals surface area contributed by atoms with Gasteiger partial charge in [-0.3, -0.25) is 4.79 Å². The fraction of sp³-hybridized carbons (Fsp3) is 0.632. The molecule has 0 spiro atoms. The van der Waals surface area contributed by atoms with Crippen LogP contribution >= 0.6 is 0 Å². The molecule has 0 radical (unpaired) electrons. The van der Waals surface area contributed by atoms with Crippen LogP contribution in [0.25, 0.3) is 0 Å². The molecule has 0 aliphatic heterocycles. The fourth-order valence-corrected chi connectivity index (χ4v) is 3.39. The minimum Gasteiger partial charge on any atom is -0.378 e. The maximum atomic E-state index is 12.7. The molecule has 0 saturated heterocycles. The zero-order valence-electron chi connectivity index (χ0n) is 15.0. The van der Waals surface area contributed by atoms with Crippen LogP contribution in [0, 0.1) is 12.3 Å². The molecule has 1 aromatic carbocycles. The number of nitrogens with one attached hydrogen (secondary N) is 1. The van der Waals surface area contributed by atoms with Gasteiger partial charge < -0.3 is 15.8 Å². The number of amides is 1. The van der Waals surface area contributed by atoms with E-state index in [-0.39, 0.29) is 23.5 Å². The summed E-state index contributed by atoms with van der Waals surface area (Å²) in [5.74, 6) is -0.0699. The van der Waals surface area contributed by atoms with E-state index in [9.17, 15) is 4.79 Å². The van der Waals surface area contributed by atoms with Crippen molar-refractivity contribution in [3.8, 4) is 0 Å². The zero-order valence-corrected chi connectivity index (χ0v) is 15.0. The summed E-state index contributed by atoms with van der Waals surface area (Å²) in [4.78, 5) is 12.7. The van der Waals surface area contributed by atoms with Crippen molar-refractivity contribution in [2.75, 3.05) is 6.61 Å². The van der Waals surface area contributed by atoms with E-state index in [4.69, 9.17) is 10.5 Å². The quantitative estimate of drug-likeness (QED) is 0.847. The lowest BCUT2D eigenvalue weighted by Gasteiger charge is -2.57. The van der Waals surface area contributed by atoms with Gasteiger partial charge in [0.15, 0.2) is 0 Å². The molecular formula is C19H30N2O2. The highest BCUT2D eigenvalue weighted by atomic mass is 16.5. The number of rotatable bonds is 6. The number of ether oxygens (including phenoxy) is 1. The summed E-state index contributed by atoms with van der Waals surface area (Å²) < 4.78 is 5.70. The molecule has 0 aromatic heterocycles. The van der Waals surface area contributed by atoms with Crippen LogP contribution in [-0.2, 0) is 16.0 Å². The second-order valence-electron chi connectivity index (χ2n) is 7.35. The Hall–Kier alpha value is -1.39. The van der Waals surface area contributed by atoms with Crippen molar-refractivity contribution >= 4 is 5.91 Å². The molecule has 3 N–H and O–H groups in total. The third-order valence-electron chi connectivity index (χ3n) is 5.40. The van der Waals surface area contributed by atoms with Crippen molar-refractivity contribution in [1.82, 2.24) is 5.32 Å². The number of carbonyl (C=O) groups excluding carboxylic acids is 1. The van der Waals surface area contributed by atoms with Gasteiger partial charge in [0, 0.05) is 24.5 Å². The van der Waals surface area contributed by atoms with Crippen LogP contribution in [0.3, 0.4) is 0 Å². The minimum absolute atomic E-state index is 0.0472. The van der Waals surface area contributed by atoms with E-state index in [1.807, 2.05) is 39.8 Å². The molecule has 1 aromatic rings. The smallest absolute Gasteiger partial charge is 0.241 e. The summed E-state index contributed by atoms with van der Waals surface area (Å²) in [5, 5.41) is 3.10. The van der Waals surface area contributed by atoms with Gasteiger partial charge >= 0.3 is 0 Å². The molecule has 1 aliphatic carbocycles. The fourth-order valence-electron chi connectivity index (χ4n) is 3.39. The topological polar surface area (TPSA) is 64.3 Å². The van der Waals surface area contributed by atoms with Crippen LogP contribution in [-0.4, -0.2) is 30.2 Å². The van der Waals surface area contributed by atoms with Gasteiger partial charge in [-0.1, -0.05) is 38.1 Å². The summed E-state index contributed by atoms with van der Waals surface area (Å²) in [6.07, 6.45) is 1.44. The Morgan fingerprint density at radius 3 is 2.65 bits per heavy atom. The highest BCUT2D eigenvalue weighted by Crippen LogP contribution is 2.49. The average molecular weight is 318 g/mol. The van der Waals surface area contributed by atoms with E-state index in [0.29, 0.717) is 13.0 Å². The Balaban J connectivity index is 1.98. The van der Waals surface area contributed by atoms with Crippen LogP contribution in [0.2, 0.25) is 0 Å². The third kappa shape index (κ3) is 3.29. The van der Waals surface area contributed by atoms with E-state index in [2.05, 4.69) is 24.4 Å². The van der Waals surface area contributed by atoms with Gasteiger partial charge in [-0.05, 0) is 38.3 Å². The highest BCUT2D eigenvalue weighted by Gasteiger charge is 2.62. The van der Waals surface area contributed by atoms with Crippen molar-refractivity contribution in [1.29, 1.82) is 0 Å². The van der Waals surface area contributed by atoms with E-state index in [1.54, 1.807) is 0 Å². The predicted octanol–water partition coefficient (Wildman–Crippen LogP) is 2.57. The number of aryl methyl sites for hydroxylation is 1. The molecule has 3 atom stereocenters. The predicted molar refractivity (Wildman–Crippen MR) is 93.2 cm³/mol. The Kier molecular flexibility index (Phi) is 5.17. The molecule has 1 aliphatic rings. The van der Waals surface area contributed by atoms with Crippen LogP contribution < -0.4 is 11.1 Å². The van der Waals surface area contributed by atoms with Crippen molar-refractivity contribution in [3.63, 3.8) is 0 Å². The number of nitrogens with two attached hydrogens (primary N) is 1. The summed E-state index contributed by atoms with van der Waals surface area (Å²) in [7, 11) is 0. The Morgan fingerprint density at radius 1 is 1.43 bits per heavy atom. The largest absolute Gasteiger partial charge is 0.378 e. The van der Waals surface area contributed by atoms with Gasteiger partial charge in [0.25, 0.3) is 0 Å². The first-order valence-corrected chi connectivity index (χ1v) is 8.48. The molecule has 3 unspecified atom stereocenters. The second-order valence-corrected chi connectivity index (χ2v) is 7.35. The molecule has 4 heteroatoms. The highest BCUT2D eigenvalue weighted by molar-refractivity contribution is 5.89. The average Bonchev–Trinajstić information content (AvgIpc) is 2.49. The standard InChI is InChI=1S/C19H30N2O2/c1-6-23-16-12-19(20,18(16,4)5)17(22)21-14(3)11-15-10-8-7-9-13(15)2/h7-10,14,16H,6,11-12,20H2,1-5H3,(H,21,22).